The lowest BCUT2D eigenvalue weighted by molar-refractivity contribution is -0.537. The van der Waals surface area contributed by atoms with Gasteiger partial charge in [-0.25, -0.2) is 9.37 Å². The molecule has 3 aliphatic heterocycles. The highest BCUT2D eigenvalue weighted by Crippen LogP contribution is 2.47. The summed E-state index contributed by atoms with van der Waals surface area (Å²) < 4.78 is 10.2. The summed E-state index contributed by atoms with van der Waals surface area (Å²) in [4.78, 5) is 12.9. The molecule has 134 valence electrons. The van der Waals surface area contributed by atoms with Gasteiger partial charge in [-0.05, 0) is 37.5 Å². The molecule has 4 heteroatoms. The summed E-state index contributed by atoms with van der Waals surface area (Å²) in [6.45, 7) is 6.74. The first-order chi connectivity index (χ1) is 12.7. The topological polar surface area (TPSA) is 34.2 Å². The van der Waals surface area contributed by atoms with Crippen molar-refractivity contribution in [1.29, 1.82) is 0 Å². The number of aromatic nitrogens is 1. The highest BCUT2D eigenvalue weighted by Gasteiger charge is 2.51. The van der Waals surface area contributed by atoms with Gasteiger partial charge < -0.3 is 4.74 Å². The van der Waals surface area contributed by atoms with E-state index in [0.29, 0.717) is 12.3 Å². The van der Waals surface area contributed by atoms with Crippen molar-refractivity contribution in [3.8, 4) is 0 Å². The minimum absolute atomic E-state index is 0.0418. The van der Waals surface area contributed by atoms with Gasteiger partial charge in [-0.15, -0.1) is 0 Å². The van der Waals surface area contributed by atoms with Crippen molar-refractivity contribution in [1.82, 2.24) is 4.57 Å². The first-order valence-corrected chi connectivity index (χ1v) is 9.85. The van der Waals surface area contributed by atoms with E-state index in [1.54, 1.807) is 0 Å². The molecule has 1 atom stereocenters. The molecule has 0 amide bonds. The van der Waals surface area contributed by atoms with Gasteiger partial charge in [-0.2, -0.15) is 0 Å². The summed E-state index contributed by atoms with van der Waals surface area (Å²) in [6.07, 6.45) is 6.57. The quantitative estimate of drug-likeness (QED) is 0.627. The lowest BCUT2D eigenvalue weighted by Crippen LogP contribution is -2.48. The monoisotopic (exact) mass is 349 g/mol. The lowest BCUT2D eigenvalue weighted by atomic mass is 9.69. The Balaban J connectivity index is 1.90. The third-order valence-electron chi connectivity index (χ3n) is 6.44. The molecule has 0 saturated heterocycles. The summed E-state index contributed by atoms with van der Waals surface area (Å²) in [5.41, 5.74) is 5.91. The molecule has 1 aromatic heterocycles. The smallest absolute Gasteiger partial charge is 0.355 e. The Morgan fingerprint density at radius 3 is 2.92 bits per heavy atom. The zero-order valence-corrected chi connectivity index (χ0v) is 15.5. The van der Waals surface area contributed by atoms with Gasteiger partial charge in [0, 0.05) is 18.2 Å². The minimum atomic E-state index is -0.203. The predicted octanol–water partition coefficient (Wildman–Crippen LogP) is 3.61. The second kappa shape index (κ2) is 5.57. The Kier molecular flexibility index (Phi) is 3.40. The number of benzene rings is 1. The maximum atomic E-state index is 12.9. The van der Waals surface area contributed by atoms with Crippen molar-refractivity contribution in [3.05, 3.63) is 41.6 Å². The van der Waals surface area contributed by atoms with Crippen LogP contribution in [0.3, 0.4) is 0 Å². The van der Waals surface area contributed by atoms with Gasteiger partial charge in [0.2, 0.25) is 5.71 Å². The van der Waals surface area contributed by atoms with Gasteiger partial charge in [-0.3, -0.25) is 4.57 Å². The highest BCUT2D eigenvalue weighted by atomic mass is 16.5. The van der Waals surface area contributed by atoms with Crippen LogP contribution in [0.15, 0.2) is 30.3 Å². The first kappa shape index (κ1) is 15.9. The van der Waals surface area contributed by atoms with Crippen molar-refractivity contribution < 1.29 is 14.1 Å². The van der Waals surface area contributed by atoms with E-state index >= 15 is 0 Å². The number of fused-ring (bicyclic) bond motifs is 3. The third-order valence-corrected chi connectivity index (χ3v) is 6.44. The van der Waals surface area contributed by atoms with Gasteiger partial charge in [0.1, 0.15) is 24.5 Å². The van der Waals surface area contributed by atoms with Crippen LogP contribution >= 0.6 is 0 Å². The number of carbonyl (C=O) groups excluding carboxylic acids is 1. The van der Waals surface area contributed by atoms with Gasteiger partial charge in [0.15, 0.2) is 0 Å². The second-order valence-electron chi connectivity index (χ2n) is 7.63. The molecule has 0 fully saturated rings. The van der Waals surface area contributed by atoms with Crippen LogP contribution in [-0.4, -0.2) is 40.5 Å². The van der Waals surface area contributed by atoms with E-state index in [9.17, 15) is 4.79 Å². The molecule has 0 radical (unpaired) electrons. The van der Waals surface area contributed by atoms with Crippen LogP contribution in [0.4, 0.5) is 0 Å². The summed E-state index contributed by atoms with van der Waals surface area (Å²) in [5.74, 6) is -0.203. The SMILES string of the molecule is CCOC(=O)C1=CC2(CC)CCC[N+]3=C2c2c(c4ccccc4n21)CC3. The van der Waals surface area contributed by atoms with Crippen molar-refractivity contribution in [3.63, 3.8) is 0 Å². The molecule has 5 rings (SSSR count). The van der Waals surface area contributed by atoms with Gasteiger partial charge >= 0.3 is 5.97 Å². The van der Waals surface area contributed by atoms with Crippen LogP contribution in [-0.2, 0) is 16.0 Å². The van der Waals surface area contributed by atoms with E-state index in [1.807, 2.05) is 6.92 Å². The summed E-state index contributed by atoms with van der Waals surface area (Å²) >= 11 is 0. The predicted molar refractivity (Wildman–Crippen MR) is 103 cm³/mol. The number of esters is 1. The van der Waals surface area contributed by atoms with E-state index in [-0.39, 0.29) is 11.4 Å². The fourth-order valence-corrected chi connectivity index (χ4v) is 5.31. The van der Waals surface area contributed by atoms with E-state index < -0.39 is 0 Å². The third kappa shape index (κ3) is 1.90. The number of hydrogen-bond donors (Lipinski definition) is 0. The number of ether oxygens (including phenoxy) is 1. The normalized spacial score (nSPS) is 23.7. The molecule has 4 nitrogen and oxygen atoms in total. The zero-order chi connectivity index (χ0) is 17.9. The van der Waals surface area contributed by atoms with Gasteiger partial charge in [0.05, 0.1) is 17.5 Å². The second-order valence-corrected chi connectivity index (χ2v) is 7.63. The molecule has 2 aromatic rings. The van der Waals surface area contributed by atoms with Crippen molar-refractivity contribution in [2.24, 2.45) is 5.41 Å². The fraction of sp³-hybridized carbons (Fsp3) is 0.455. The number of nitrogens with zero attached hydrogens (tertiary/aromatic N) is 2. The Hall–Kier alpha value is -2.36. The van der Waals surface area contributed by atoms with Crippen molar-refractivity contribution >= 4 is 28.3 Å². The Morgan fingerprint density at radius 2 is 2.12 bits per heavy atom. The molecular weight excluding hydrogens is 324 g/mol. The minimum Gasteiger partial charge on any atom is -0.461 e. The van der Waals surface area contributed by atoms with E-state index in [4.69, 9.17) is 4.74 Å². The maximum Gasteiger partial charge on any atom is 0.355 e. The highest BCUT2D eigenvalue weighted by molar-refractivity contribution is 6.20. The number of carbonyl (C=O) groups is 1. The molecular formula is C22H25N2O2+. The Bertz CT molecular complexity index is 995. The molecule has 4 heterocycles. The average molecular weight is 349 g/mol. The van der Waals surface area contributed by atoms with E-state index in [0.717, 1.165) is 37.9 Å². The molecule has 0 spiro atoms. The number of hydrogen-bond acceptors (Lipinski definition) is 2. The van der Waals surface area contributed by atoms with Crippen LogP contribution in [0.25, 0.3) is 16.6 Å². The number of rotatable bonds is 3. The standard InChI is InChI=1S/C22H25N2O2/c1-3-22-11-7-12-23-13-10-16-15-8-5-6-9-17(15)24(19(16)20(22)23)18(14-22)21(25)26-4-2/h5-6,8-9,14H,3-4,7,10-13H2,1-2H3/q+1. The fourth-order valence-electron chi connectivity index (χ4n) is 5.31. The van der Waals surface area contributed by atoms with Crippen LogP contribution in [0.5, 0.6) is 0 Å². The molecule has 26 heavy (non-hydrogen) atoms. The molecule has 1 aromatic carbocycles. The lowest BCUT2D eigenvalue weighted by Gasteiger charge is -2.39. The Labute approximate surface area is 153 Å². The molecule has 1 unspecified atom stereocenters. The van der Waals surface area contributed by atoms with Crippen LogP contribution in [0, 0.1) is 5.41 Å². The number of para-hydroxylation sites is 1. The molecule has 0 saturated carbocycles. The molecule has 0 aliphatic carbocycles. The maximum absolute atomic E-state index is 12.9. The first-order valence-electron chi connectivity index (χ1n) is 9.85. The van der Waals surface area contributed by atoms with Crippen LogP contribution in [0.2, 0.25) is 0 Å². The average Bonchev–Trinajstić information content (AvgIpc) is 3.02. The van der Waals surface area contributed by atoms with Crippen LogP contribution < -0.4 is 0 Å². The van der Waals surface area contributed by atoms with Gasteiger partial charge in [-0.1, -0.05) is 25.1 Å². The van der Waals surface area contributed by atoms with Crippen LogP contribution in [0.1, 0.15) is 44.4 Å². The number of allylic oxidation sites excluding steroid dienone is 1. The van der Waals surface area contributed by atoms with Crippen molar-refractivity contribution in [2.45, 2.75) is 39.5 Å². The zero-order valence-electron chi connectivity index (χ0n) is 15.5. The molecule has 3 aliphatic rings. The Morgan fingerprint density at radius 1 is 1.27 bits per heavy atom. The summed E-state index contributed by atoms with van der Waals surface area (Å²) in [5, 5.41) is 1.28. The summed E-state index contributed by atoms with van der Waals surface area (Å²) in [7, 11) is 0. The summed E-state index contributed by atoms with van der Waals surface area (Å²) in [6, 6.07) is 8.49. The van der Waals surface area contributed by atoms with Crippen molar-refractivity contribution in [2.75, 3.05) is 19.7 Å². The van der Waals surface area contributed by atoms with E-state index in [2.05, 4.69) is 46.4 Å². The van der Waals surface area contributed by atoms with E-state index in [1.165, 1.54) is 28.8 Å². The molecule has 0 N–H and O–H groups in total. The molecule has 0 bridgehead atoms. The largest absolute Gasteiger partial charge is 0.461 e. The van der Waals surface area contributed by atoms with Gasteiger partial charge in [0.25, 0.3) is 0 Å².